The summed E-state index contributed by atoms with van der Waals surface area (Å²) < 4.78 is 0. The number of carboxylic acids is 1. The maximum Gasteiger partial charge on any atom is 0.303 e. The Morgan fingerprint density at radius 1 is 0.909 bits per heavy atom. The Morgan fingerprint density at radius 2 is 1.39 bits per heavy atom. The van der Waals surface area contributed by atoms with Crippen LogP contribution in [0.4, 0.5) is 0 Å². The Balaban J connectivity index is 1.43. The van der Waals surface area contributed by atoms with Crippen LogP contribution in [0.25, 0.3) is 0 Å². The van der Waals surface area contributed by atoms with Gasteiger partial charge >= 0.3 is 5.97 Å². The van der Waals surface area contributed by atoms with Crippen molar-refractivity contribution in [1.82, 2.24) is 9.80 Å². The van der Waals surface area contributed by atoms with E-state index in [1.807, 2.05) is 42.7 Å². The van der Waals surface area contributed by atoms with E-state index in [9.17, 15) is 19.5 Å². The molecule has 2 saturated heterocycles. The number of likely N-dealkylation sites (tertiary alicyclic amines) is 2. The predicted molar refractivity (Wildman–Crippen MR) is 126 cm³/mol. The molecule has 7 heteroatoms. The van der Waals surface area contributed by atoms with Crippen LogP contribution in [0.3, 0.4) is 0 Å². The first-order chi connectivity index (χ1) is 15.7. The Kier molecular flexibility index (Phi) is 8.38. The molecule has 2 heterocycles. The second-order valence-corrected chi connectivity index (χ2v) is 9.96. The number of phenolic OH excluding ortho intramolecular Hbond substituents is 1. The molecule has 0 saturated carbocycles. The summed E-state index contributed by atoms with van der Waals surface area (Å²) in [7, 11) is 0. The van der Waals surface area contributed by atoms with Crippen molar-refractivity contribution in [3.8, 4) is 5.75 Å². The highest BCUT2D eigenvalue weighted by molar-refractivity contribution is 5.81. The van der Waals surface area contributed by atoms with Gasteiger partial charge in [0.1, 0.15) is 5.75 Å². The van der Waals surface area contributed by atoms with E-state index in [2.05, 4.69) is 0 Å². The van der Waals surface area contributed by atoms with Crippen molar-refractivity contribution in [1.29, 1.82) is 0 Å². The van der Waals surface area contributed by atoms with Crippen LogP contribution in [0, 0.1) is 31.6 Å². The van der Waals surface area contributed by atoms with E-state index in [4.69, 9.17) is 5.11 Å². The zero-order valence-corrected chi connectivity index (χ0v) is 20.2. The summed E-state index contributed by atoms with van der Waals surface area (Å²) >= 11 is 0. The average molecular weight is 459 g/mol. The number of nitrogens with zero attached hydrogens (tertiary/aromatic N) is 2. The van der Waals surface area contributed by atoms with Gasteiger partial charge in [0.15, 0.2) is 0 Å². The number of aliphatic carboxylic acids is 1. The molecule has 0 radical (unpaired) electrons. The number of carbonyl (C=O) groups is 3. The van der Waals surface area contributed by atoms with Crippen LogP contribution in [0.1, 0.15) is 62.1 Å². The maximum absolute atomic E-state index is 13.0. The Morgan fingerprint density at radius 3 is 1.88 bits per heavy atom. The number of hydrogen-bond acceptors (Lipinski definition) is 4. The number of aryl methyl sites for hydroxylation is 2. The Hall–Kier alpha value is -2.57. The minimum Gasteiger partial charge on any atom is -0.507 e. The fourth-order valence-corrected chi connectivity index (χ4v) is 5.50. The van der Waals surface area contributed by atoms with Crippen LogP contribution in [0.2, 0.25) is 0 Å². The van der Waals surface area contributed by atoms with Gasteiger partial charge in [0.2, 0.25) is 11.8 Å². The highest BCUT2D eigenvalue weighted by atomic mass is 16.4. The van der Waals surface area contributed by atoms with Crippen LogP contribution in [-0.2, 0) is 20.8 Å². The molecule has 2 N–H and O–H groups in total. The zero-order valence-electron chi connectivity index (χ0n) is 20.2. The summed E-state index contributed by atoms with van der Waals surface area (Å²) in [4.78, 5) is 39.7. The van der Waals surface area contributed by atoms with E-state index < -0.39 is 5.97 Å². The van der Waals surface area contributed by atoms with Gasteiger partial charge < -0.3 is 20.0 Å². The highest BCUT2D eigenvalue weighted by Gasteiger charge is 2.33. The largest absolute Gasteiger partial charge is 0.507 e. The van der Waals surface area contributed by atoms with Gasteiger partial charge in [-0.2, -0.15) is 0 Å². The van der Waals surface area contributed by atoms with Gasteiger partial charge in [-0.3, -0.25) is 14.4 Å². The van der Waals surface area contributed by atoms with E-state index in [1.165, 1.54) is 0 Å². The molecule has 0 aliphatic carbocycles. The third-order valence-corrected chi connectivity index (χ3v) is 7.48. The van der Waals surface area contributed by atoms with Crippen molar-refractivity contribution in [3.63, 3.8) is 0 Å². The fourth-order valence-electron chi connectivity index (χ4n) is 5.50. The molecule has 1 aromatic carbocycles. The number of rotatable bonds is 7. The predicted octanol–water partition coefficient (Wildman–Crippen LogP) is 3.53. The van der Waals surface area contributed by atoms with Gasteiger partial charge in [0.25, 0.3) is 0 Å². The second kappa shape index (κ2) is 11.0. The lowest BCUT2D eigenvalue weighted by Crippen LogP contribution is -2.45. The molecular weight excluding hydrogens is 420 g/mol. The maximum atomic E-state index is 13.0. The van der Waals surface area contributed by atoms with Crippen LogP contribution < -0.4 is 0 Å². The number of hydrogen-bond donors (Lipinski definition) is 2. The van der Waals surface area contributed by atoms with Gasteiger partial charge in [0, 0.05) is 38.5 Å². The van der Waals surface area contributed by atoms with E-state index in [1.54, 1.807) is 0 Å². The topological polar surface area (TPSA) is 98.2 Å². The monoisotopic (exact) mass is 458 g/mol. The first-order valence-electron chi connectivity index (χ1n) is 12.2. The molecule has 0 aromatic heterocycles. The molecule has 0 unspecified atom stereocenters. The molecular formula is C26H38N2O5. The van der Waals surface area contributed by atoms with E-state index in [0.29, 0.717) is 37.1 Å². The molecule has 0 bridgehead atoms. The third-order valence-electron chi connectivity index (χ3n) is 7.48. The van der Waals surface area contributed by atoms with Gasteiger partial charge in [-0.15, -0.1) is 0 Å². The molecule has 33 heavy (non-hydrogen) atoms. The molecule has 2 fully saturated rings. The van der Waals surface area contributed by atoms with Gasteiger partial charge in [-0.1, -0.05) is 19.1 Å². The van der Waals surface area contributed by atoms with E-state index >= 15 is 0 Å². The number of carbonyl (C=O) groups excluding carboxylic acids is 2. The van der Waals surface area contributed by atoms with Crippen molar-refractivity contribution >= 4 is 17.8 Å². The van der Waals surface area contributed by atoms with Crippen molar-refractivity contribution in [2.24, 2.45) is 17.8 Å². The zero-order chi connectivity index (χ0) is 24.1. The van der Waals surface area contributed by atoms with Gasteiger partial charge in [-0.05, 0) is 74.5 Å². The number of carboxylic acid groups (broad SMARTS) is 1. The van der Waals surface area contributed by atoms with Crippen LogP contribution >= 0.6 is 0 Å². The van der Waals surface area contributed by atoms with Crippen molar-refractivity contribution in [2.45, 2.75) is 65.7 Å². The molecule has 3 rings (SSSR count). The molecule has 2 amide bonds. The molecule has 2 aliphatic heterocycles. The van der Waals surface area contributed by atoms with Gasteiger partial charge in [-0.25, -0.2) is 0 Å². The summed E-state index contributed by atoms with van der Waals surface area (Å²) in [5.41, 5.74) is 2.78. The number of phenols is 1. The molecule has 7 nitrogen and oxygen atoms in total. The highest BCUT2D eigenvalue weighted by Crippen LogP contribution is 2.33. The minimum absolute atomic E-state index is 0.0516. The normalized spacial score (nSPS) is 18.9. The standard InChI is InChI=1S/C26H38N2O5/c1-17-14-20(15-18(2)25(17)32)16-19(3)26(33)28-12-8-22(9-13-28)21-6-10-27(11-7-21)23(29)4-5-24(30)31/h14-15,19,21-22,32H,4-13,16H2,1-3H3,(H,30,31)/t19-/m1/s1. The van der Waals surface area contributed by atoms with Crippen molar-refractivity contribution < 1.29 is 24.6 Å². The first kappa shape index (κ1) is 25.1. The molecule has 1 atom stereocenters. The summed E-state index contributed by atoms with van der Waals surface area (Å²) in [5, 5.41) is 18.7. The summed E-state index contributed by atoms with van der Waals surface area (Å²) in [6.07, 6.45) is 4.61. The van der Waals surface area contributed by atoms with E-state index in [0.717, 1.165) is 55.5 Å². The molecule has 2 aliphatic rings. The van der Waals surface area contributed by atoms with Crippen LogP contribution in [0.15, 0.2) is 12.1 Å². The number of aromatic hydroxyl groups is 1. The smallest absolute Gasteiger partial charge is 0.303 e. The lowest BCUT2D eigenvalue weighted by Gasteiger charge is -2.40. The number of piperidine rings is 2. The second-order valence-electron chi connectivity index (χ2n) is 9.96. The van der Waals surface area contributed by atoms with Crippen molar-refractivity contribution in [2.75, 3.05) is 26.2 Å². The average Bonchev–Trinajstić information content (AvgIpc) is 2.80. The molecule has 182 valence electrons. The van der Waals surface area contributed by atoms with Gasteiger partial charge in [0.05, 0.1) is 6.42 Å². The molecule has 1 aromatic rings. The SMILES string of the molecule is Cc1cc(C[C@@H](C)C(=O)N2CCC(C3CCN(C(=O)CCC(=O)O)CC3)CC2)cc(C)c1O. The number of amides is 2. The third kappa shape index (κ3) is 6.49. The van der Waals surface area contributed by atoms with Crippen molar-refractivity contribution in [3.05, 3.63) is 28.8 Å². The summed E-state index contributed by atoms with van der Waals surface area (Å²) in [5.74, 6) is 0.622. The molecule has 0 spiro atoms. The summed E-state index contributed by atoms with van der Waals surface area (Å²) in [6.45, 7) is 8.77. The lowest BCUT2D eigenvalue weighted by atomic mass is 9.78. The summed E-state index contributed by atoms with van der Waals surface area (Å²) in [6, 6.07) is 3.94. The fraction of sp³-hybridized carbons (Fsp3) is 0.654. The Labute approximate surface area is 196 Å². The van der Waals surface area contributed by atoms with Crippen LogP contribution in [-0.4, -0.2) is 64.0 Å². The van der Waals surface area contributed by atoms with E-state index in [-0.39, 0.29) is 30.6 Å². The number of benzene rings is 1. The lowest BCUT2D eigenvalue weighted by molar-refractivity contribution is -0.141. The first-order valence-corrected chi connectivity index (χ1v) is 12.2. The quantitative estimate of drug-likeness (QED) is 0.651. The van der Waals surface area contributed by atoms with Crippen LogP contribution in [0.5, 0.6) is 5.75 Å². The Bertz CT molecular complexity index is 844. The minimum atomic E-state index is -0.929.